The Labute approximate surface area is 166 Å². The number of likely N-dealkylation sites (tertiary alicyclic amines) is 1. The highest BCUT2D eigenvalue weighted by Gasteiger charge is 2.39. The molecule has 27 heavy (non-hydrogen) atoms. The van der Waals surface area contributed by atoms with Gasteiger partial charge in [-0.2, -0.15) is 0 Å². The first kappa shape index (κ1) is 18.6. The molecule has 1 aliphatic carbocycles. The van der Waals surface area contributed by atoms with Crippen LogP contribution in [0.5, 0.6) is 0 Å². The zero-order valence-electron chi connectivity index (χ0n) is 15.6. The van der Waals surface area contributed by atoms with Gasteiger partial charge in [-0.25, -0.2) is 0 Å². The Morgan fingerprint density at radius 1 is 1.19 bits per heavy atom. The summed E-state index contributed by atoms with van der Waals surface area (Å²) < 4.78 is 12.1. The zero-order chi connectivity index (χ0) is 19.2. The maximum atomic E-state index is 13.2. The molecule has 0 N–H and O–H groups in total. The van der Waals surface area contributed by atoms with Crippen molar-refractivity contribution in [3.8, 4) is 0 Å². The van der Waals surface area contributed by atoms with E-state index in [4.69, 9.17) is 11.6 Å². The molecule has 4 rings (SSSR count). The van der Waals surface area contributed by atoms with Gasteiger partial charge in [-0.15, -0.1) is 0 Å². The topological polar surface area (TPSA) is 40.6 Å². The third-order valence-electron chi connectivity index (χ3n) is 5.75. The molecule has 6 heteroatoms. The minimum Gasteiger partial charge on any atom is -0.358 e. The van der Waals surface area contributed by atoms with Crippen LogP contribution in [0.4, 0.5) is 5.69 Å². The molecular weight excluding hydrogens is 380 g/mol. The van der Waals surface area contributed by atoms with Crippen LogP contribution in [0.2, 0.25) is 5.02 Å². The first-order valence-corrected chi connectivity index (χ1v) is 11.9. The summed E-state index contributed by atoms with van der Waals surface area (Å²) in [7, 11) is -2.16. The predicted molar refractivity (Wildman–Crippen MR) is 114 cm³/mol. The third kappa shape index (κ3) is 3.43. The minimum atomic E-state index is -2.16. The van der Waals surface area contributed by atoms with Crippen molar-refractivity contribution in [2.75, 3.05) is 24.2 Å². The van der Waals surface area contributed by atoms with Crippen LogP contribution in [-0.4, -0.2) is 46.3 Å². The van der Waals surface area contributed by atoms with Crippen molar-refractivity contribution in [2.45, 2.75) is 38.1 Å². The van der Waals surface area contributed by atoms with E-state index >= 15 is 0 Å². The Morgan fingerprint density at radius 3 is 2.70 bits per heavy atom. The molecule has 3 aliphatic rings. The van der Waals surface area contributed by atoms with E-state index in [1.54, 1.807) is 6.26 Å². The molecule has 0 saturated carbocycles. The normalized spacial score (nSPS) is 25.0. The second-order valence-corrected chi connectivity index (χ2v) is 10.6. The number of aryl methyl sites for hydroxylation is 1. The number of hydrogen-bond acceptors (Lipinski definition) is 3. The summed E-state index contributed by atoms with van der Waals surface area (Å²) in [4.78, 5) is 18.2. The smallest absolute Gasteiger partial charge is 0.249 e. The number of halogens is 1. The van der Waals surface area contributed by atoms with Crippen molar-refractivity contribution in [3.63, 3.8) is 0 Å². The second kappa shape index (κ2) is 7.02. The highest BCUT2D eigenvalue weighted by molar-refractivity contribution is 8.03. The summed E-state index contributed by atoms with van der Waals surface area (Å²) in [5.74, 6) is 3.92. The van der Waals surface area contributed by atoms with Gasteiger partial charge in [0.1, 0.15) is 6.04 Å². The number of carbonyl (C=O) groups is 1. The van der Waals surface area contributed by atoms with E-state index in [0.29, 0.717) is 6.42 Å². The summed E-state index contributed by atoms with van der Waals surface area (Å²) >= 11 is 6.49. The summed E-state index contributed by atoms with van der Waals surface area (Å²) in [6, 6.07) is 5.85. The van der Waals surface area contributed by atoms with Crippen molar-refractivity contribution in [2.24, 2.45) is 0 Å². The molecule has 2 aliphatic heterocycles. The molecule has 4 nitrogen and oxygen atoms in total. The van der Waals surface area contributed by atoms with Crippen molar-refractivity contribution < 1.29 is 9.00 Å². The quantitative estimate of drug-likeness (QED) is 0.722. The first-order valence-electron chi connectivity index (χ1n) is 9.43. The van der Waals surface area contributed by atoms with Crippen molar-refractivity contribution in [3.05, 3.63) is 51.5 Å². The Morgan fingerprint density at radius 2 is 2.00 bits per heavy atom. The Balaban J connectivity index is 1.58. The van der Waals surface area contributed by atoms with Crippen LogP contribution in [0.3, 0.4) is 0 Å². The van der Waals surface area contributed by atoms with Gasteiger partial charge in [-0.05, 0) is 71.3 Å². The summed E-state index contributed by atoms with van der Waals surface area (Å²) in [5.41, 5.74) is 3.29. The monoisotopic (exact) mass is 404 g/mol. The first-order chi connectivity index (χ1) is 12.9. The molecule has 0 spiro atoms. The lowest BCUT2D eigenvalue weighted by Gasteiger charge is -2.36. The van der Waals surface area contributed by atoms with Gasteiger partial charge in [-0.1, -0.05) is 23.7 Å². The molecule has 1 aromatic rings. The summed E-state index contributed by atoms with van der Waals surface area (Å²) in [5, 5.41) is 0.732. The molecule has 0 bridgehead atoms. The number of hydrogen-bond donors (Lipinski definition) is 0. The van der Waals surface area contributed by atoms with Gasteiger partial charge < -0.3 is 9.80 Å². The van der Waals surface area contributed by atoms with Gasteiger partial charge in [0.2, 0.25) is 5.91 Å². The molecule has 2 heterocycles. The molecule has 1 unspecified atom stereocenters. The number of amides is 1. The lowest BCUT2D eigenvalue weighted by Crippen LogP contribution is -2.44. The molecule has 0 aromatic heterocycles. The van der Waals surface area contributed by atoms with Gasteiger partial charge in [0, 0.05) is 29.9 Å². The average Bonchev–Trinajstić information content (AvgIpc) is 3.02. The summed E-state index contributed by atoms with van der Waals surface area (Å²) in [6.45, 7) is 1.59. The van der Waals surface area contributed by atoms with Gasteiger partial charge >= 0.3 is 0 Å². The van der Waals surface area contributed by atoms with Crippen molar-refractivity contribution >= 4 is 38.6 Å². The van der Waals surface area contributed by atoms with E-state index in [-0.39, 0.29) is 11.9 Å². The SMILES string of the molecule is C=S(C)(=O)C1=CC=C(N2CC[C@H](N3CCCc4cccc(Cl)c43)C2=O)CC1. The Bertz CT molecular complexity index is 949. The fourth-order valence-electron chi connectivity index (χ4n) is 4.38. The molecule has 1 aromatic carbocycles. The molecule has 1 saturated heterocycles. The molecular formula is C21H25ClN2O2S. The van der Waals surface area contributed by atoms with Crippen LogP contribution in [0.25, 0.3) is 0 Å². The molecule has 2 atom stereocenters. The van der Waals surface area contributed by atoms with Gasteiger partial charge in [0.15, 0.2) is 0 Å². The van der Waals surface area contributed by atoms with E-state index < -0.39 is 9.52 Å². The van der Waals surface area contributed by atoms with Gasteiger partial charge in [-0.3, -0.25) is 9.00 Å². The van der Waals surface area contributed by atoms with Crippen LogP contribution >= 0.6 is 11.6 Å². The maximum absolute atomic E-state index is 13.2. The highest BCUT2D eigenvalue weighted by Crippen LogP contribution is 2.38. The van der Waals surface area contributed by atoms with E-state index in [1.807, 2.05) is 29.2 Å². The van der Waals surface area contributed by atoms with E-state index in [2.05, 4.69) is 16.8 Å². The minimum absolute atomic E-state index is 0.151. The second-order valence-electron chi connectivity index (χ2n) is 7.63. The zero-order valence-corrected chi connectivity index (χ0v) is 17.2. The van der Waals surface area contributed by atoms with E-state index in [1.165, 1.54) is 5.56 Å². The fourth-order valence-corrected chi connectivity index (χ4v) is 5.57. The van der Waals surface area contributed by atoms with E-state index in [9.17, 15) is 9.00 Å². The number of benzene rings is 1. The number of anilines is 1. The number of fused-ring (bicyclic) bond motifs is 1. The largest absolute Gasteiger partial charge is 0.358 e. The molecule has 0 radical (unpaired) electrons. The third-order valence-corrected chi connectivity index (χ3v) is 7.50. The number of para-hydroxylation sites is 1. The Kier molecular flexibility index (Phi) is 4.85. The summed E-state index contributed by atoms with van der Waals surface area (Å²) in [6.07, 6.45) is 9.81. The van der Waals surface area contributed by atoms with Gasteiger partial charge in [0.05, 0.1) is 10.7 Å². The molecule has 144 valence electrons. The predicted octanol–water partition coefficient (Wildman–Crippen LogP) is 3.60. The van der Waals surface area contributed by atoms with Gasteiger partial charge in [0.25, 0.3) is 0 Å². The Hall–Kier alpha value is -1.72. The number of rotatable bonds is 3. The highest BCUT2D eigenvalue weighted by atomic mass is 35.5. The van der Waals surface area contributed by atoms with Crippen LogP contribution in [-0.2, 0) is 20.7 Å². The van der Waals surface area contributed by atoms with Crippen LogP contribution < -0.4 is 4.90 Å². The van der Waals surface area contributed by atoms with Crippen molar-refractivity contribution in [1.29, 1.82) is 0 Å². The number of allylic oxidation sites excluding steroid dienone is 4. The lowest BCUT2D eigenvalue weighted by atomic mass is 9.99. The van der Waals surface area contributed by atoms with Crippen molar-refractivity contribution in [1.82, 2.24) is 4.90 Å². The number of carbonyl (C=O) groups excluding carboxylic acids is 1. The maximum Gasteiger partial charge on any atom is 0.249 e. The van der Waals surface area contributed by atoms with Crippen LogP contribution in [0.1, 0.15) is 31.2 Å². The lowest BCUT2D eigenvalue weighted by molar-refractivity contribution is -0.127. The fraction of sp³-hybridized carbons (Fsp3) is 0.429. The van der Waals surface area contributed by atoms with E-state index in [0.717, 1.165) is 60.1 Å². The average molecular weight is 405 g/mol. The van der Waals surface area contributed by atoms with Crippen LogP contribution in [0, 0.1) is 0 Å². The number of nitrogens with zero attached hydrogens (tertiary/aromatic N) is 2. The molecule has 1 fully saturated rings. The van der Waals surface area contributed by atoms with Crippen LogP contribution in [0.15, 0.2) is 41.0 Å². The standard InChI is InChI=1S/C21H25ClN2O2S/c1-27(2,26)17-10-8-16(9-11-17)23-14-12-19(21(23)25)24-13-4-6-15-5-3-7-18(22)20(15)24/h3,5,7-8,10,19H,1,4,6,9,11-14H2,2H3/t19-,27?/m0/s1. The molecule has 1 amide bonds.